The number of amides is 1. The quantitative estimate of drug-likeness (QED) is 0.543. The van der Waals surface area contributed by atoms with Crippen LogP contribution in [0.15, 0.2) is 45.8 Å². The minimum atomic E-state index is 0.126. The Labute approximate surface area is 167 Å². The van der Waals surface area contributed by atoms with E-state index >= 15 is 0 Å². The summed E-state index contributed by atoms with van der Waals surface area (Å²) in [5.74, 6) is 2.56. The van der Waals surface area contributed by atoms with Gasteiger partial charge in [0.25, 0.3) is 0 Å². The molecule has 1 amide bonds. The van der Waals surface area contributed by atoms with Crippen molar-refractivity contribution in [2.24, 2.45) is 4.99 Å². The van der Waals surface area contributed by atoms with Gasteiger partial charge in [-0.15, -0.1) is 11.3 Å². The fourth-order valence-electron chi connectivity index (χ4n) is 3.30. The van der Waals surface area contributed by atoms with E-state index in [1.54, 1.807) is 25.3 Å². The Balaban J connectivity index is 1.38. The molecular weight excluding hydrogens is 374 g/mol. The van der Waals surface area contributed by atoms with E-state index in [1.165, 1.54) is 0 Å². The summed E-state index contributed by atoms with van der Waals surface area (Å²) in [6, 6.07) is 12.0. The van der Waals surface area contributed by atoms with Gasteiger partial charge in [0.1, 0.15) is 5.76 Å². The van der Waals surface area contributed by atoms with Crippen LogP contribution in [0.5, 0.6) is 0 Å². The number of carbonyl (C=O) groups excluding carboxylic acids is 1. The van der Waals surface area contributed by atoms with Gasteiger partial charge in [-0.1, -0.05) is 12.1 Å². The first-order valence-corrected chi connectivity index (χ1v) is 10.1. The van der Waals surface area contributed by atoms with Gasteiger partial charge in [-0.2, -0.15) is 0 Å². The predicted molar refractivity (Wildman–Crippen MR) is 111 cm³/mol. The Bertz CT molecular complexity index is 968. The van der Waals surface area contributed by atoms with Crippen LogP contribution < -0.4 is 5.32 Å². The fraction of sp³-hybridized carbons (Fsp3) is 0.350. The lowest BCUT2D eigenvalue weighted by atomic mass is 10.3. The Hall–Kier alpha value is -2.87. The first kappa shape index (κ1) is 18.5. The highest BCUT2D eigenvalue weighted by Crippen LogP contribution is 2.31. The monoisotopic (exact) mass is 397 g/mol. The highest BCUT2D eigenvalue weighted by atomic mass is 32.1. The average Bonchev–Trinajstić information content (AvgIpc) is 3.35. The van der Waals surface area contributed by atoms with Crippen LogP contribution in [-0.2, 0) is 11.3 Å². The summed E-state index contributed by atoms with van der Waals surface area (Å²) in [6.45, 7) is 5.15. The topological polar surface area (TPSA) is 74.0 Å². The van der Waals surface area contributed by atoms with Crippen LogP contribution in [0.2, 0.25) is 0 Å². The van der Waals surface area contributed by atoms with Crippen molar-refractivity contribution in [3.8, 4) is 10.8 Å². The Morgan fingerprint density at radius 2 is 1.93 bits per heavy atom. The molecule has 8 heteroatoms. The molecule has 1 aliphatic heterocycles. The predicted octanol–water partition coefficient (Wildman–Crippen LogP) is 2.80. The maximum atomic E-state index is 11.5. The molecule has 1 aliphatic rings. The second-order valence-corrected chi connectivity index (χ2v) is 7.68. The molecule has 0 radical (unpaired) electrons. The third-order valence-corrected chi connectivity index (χ3v) is 5.87. The summed E-state index contributed by atoms with van der Waals surface area (Å²) >= 11 is 1.63. The first-order valence-electron chi connectivity index (χ1n) is 9.30. The van der Waals surface area contributed by atoms with Crippen molar-refractivity contribution in [3.05, 3.63) is 42.2 Å². The molecule has 28 heavy (non-hydrogen) atoms. The van der Waals surface area contributed by atoms with Gasteiger partial charge < -0.3 is 19.5 Å². The molecule has 3 heterocycles. The van der Waals surface area contributed by atoms with Crippen LogP contribution >= 0.6 is 11.3 Å². The first-order chi connectivity index (χ1) is 13.6. The van der Waals surface area contributed by atoms with Gasteiger partial charge in [0.05, 0.1) is 16.8 Å². The number of rotatable bonds is 3. The number of nitrogens with one attached hydrogen (secondary N) is 1. The van der Waals surface area contributed by atoms with E-state index in [0.29, 0.717) is 6.54 Å². The van der Waals surface area contributed by atoms with Gasteiger partial charge in [0.2, 0.25) is 5.91 Å². The fourth-order valence-corrected chi connectivity index (χ4v) is 4.22. The summed E-state index contributed by atoms with van der Waals surface area (Å²) in [7, 11) is 1.77. The Morgan fingerprint density at radius 3 is 2.64 bits per heavy atom. The zero-order chi connectivity index (χ0) is 19.5. The molecule has 2 aromatic heterocycles. The van der Waals surface area contributed by atoms with Gasteiger partial charge in [-0.25, -0.2) is 4.98 Å². The van der Waals surface area contributed by atoms with Crippen LogP contribution in [0.3, 0.4) is 0 Å². The number of nitrogens with zero attached hydrogens (tertiary/aromatic N) is 4. The molecule has 0 atom stereocenters. The molecule has 1 saturated heterocycles. The summed E-state index contributed by atoms with van der Waals surface area (Å²) < 4.78 is 7.14. The van der Waals surface area contributed by atoms with E-state index in [0.717, 1.165) is 58.9 Å². The van der Waals surface area contributed by atoms with E-state index in [-0.39, 0.29) is 5.91 Å². The number of benzene rings is 1. The normalized spacial score (nSPS) is 15.3. The minimum absolute atomic E-state index is 0.126. The largest absolute Gasteiger partial charge is 0.457 e. The number of aliphatic imine (C=N–C) groups is 1. The molecule has 1 aromatic carbocycles. The second kappa shape index (κ2) is 8.02. The number of piperazine rings is 1. The van der Waals surface area contributed by atoms with Gasteiger partial charge in [0, 0.05) is 40.2 Å². The maximum absolute atomic E-state index is 11.5. The molecule has 0 spiro atoms. The highest BCUT2D eigenvalue weighted by Gasteiger charge is 2.21. The molecule has 146 valence electrons. The summed E-state index contributed by atoms with van der Waals surface area (Å²) in [4.78, 5) is 24.5. The lowest BCUT2D eigenvalue weighted by Crippen LogP contribution is -2.53. The molecule has 0 aliphatic carbocycles. The third-order valence-electron chi connectivity index (χ3n) is 4.82. The summed E-state index contributed by atoms with van der Waals surface area (Å²) in [5.41, 5.74) is 0.990. The molecule has 1 fully saturated rings. The highest BCUT2D eigenvalue weighted by molar-refractivity contribution is 7.21. The van der Waals surface area contributed by atoms with Crippen molar-refractivity contribution >= 4 is 33.4 Å². The van der Waals surface area contributed by atoms with Gasteiger partial charge in [0.15, 0.2) is 16.7 Å². The van der Waals surface area contributed by atoms with Crippen molar-refractivity contribution in [2.75, 3.05) is 33.2 Å². The van der Waals surface area contributed by atoms with Crippen LogP contribution in [0.4, 0.5) is 0 Å². The number of para-hydroxylation sites is 1. The zero-order valence-electron chi connectivity index (χ0n) is 16.0. The number of carbonyl (C=O) groups is 1. The van der Waals surface area contributed by atoms with Crippen LogP contribution in [0.1, 0.15) is 12.7 Å². The molecule has 0 bridgehead atoms. The van der Waals surface area contributed by atoms with E-state index in [1.807, 2.05) is 35.2 Å². The van der Waals surface area contributed by atoms with E-state index in [4.69, 9.17) is 4.42 Å². The molecular formula is C20H23N5O2S. The molecule has 4 rings (SSSR count). The van der Waals surface area contributed by atoms with Crippen molar-refractivity contribution in [2.45, 2.75) is 13.5 Å². The number of thiazole rings is 1. The maximum Gasteiger partial charge on any atom is 0.219 e. The van der Waals surface area contributed by atoms with Crippen molar-refractivity contribution in [1.29, 1.82) is 0 Å². The van der Waals surface area contributed by atoms with Gasteiger partial charge in [-0.05, 0) is 24.3 Å². The second-order valence-electron chi connectivity index (χ2n) is 6.65. The number of fused-ring (bicyclic) bond motifs is 1. The molecule has 0 unspecified atom stereocenters. The lowest BCUT2D eigenvalue weighted by Gasteiger charge is -2.36. The van der Waals surface area contributed by atoms with Crippen LogP contribution in [0, 0.1) is 0 Å². The SMILES string of the molecule is CN=C(NCc1ccc(-c2nc3ccccc3s2)o1)N1CCN(C(C)=O)CC1. The molecule has 3 aromatic rings. The van der Waals surface area contributed by atoms with Crippen LogP contribution in [-0.4, -0.2) is 59.9 Å². The molecule has 0 saturated carbocycles. The number of aromatic nitrogens is 1. The lowest BCUT2D eigenvalue weighted by molar-refractivity contribution is -0.130. The summed E-state index contributed by atoms with van der Waals surface area (Å²) in [5, 5.41) is 4.24. The number of furan rings is 1. The van der Waals surface area contributed by atoms with E-state index < -0.39 is 0 Å². The summed E-state index contributed by atoms with van der Waals surface area (Å²) in [6.07, 6.45) is 0. The third kappa shape index (κ3) is 3.87. The minimum Gasteiger partial charge on any atom is -0.457 e. The standard InChI is InChI=1S/C20H23N5O2S/c1-14(26)24-9-11-25(12-10-24)20(21-2)22-13-15-7-8-17(27-15)19-23-16-5-3-4-6-18(16)28-19/h3-8H,9-13H2,1-2H3,(H,21,22). The zero-order valence-corrected chi connectivity index (χ0v) is 16.8. The van der Waals surface area contributed by atoms with Crippen molar-refractivity contribution in [1.82, 2.24) is 20.1 Å². The van der Waals surface area contributed by atoms with Crippen LogP contribution in [0.25, 0.3) is 21.0 Å². The number of hydrogen-bond donors (Lipinski definition) is 1. The van der Waals surface area contributed by atoms with E-state index in [9.17, 15) is 4.79 Å². The number of guanidine groups is 1. The Kier molecular flexibility index (Phi) is 5.29. The number of hydrogen-bond acceptors (Lipinski definition) is 5. The molecule has 1 N–H and O–H groups in total. The van der Waals surface area contributed by atoms with Gasteiger partial charge >= 0.3 is 0 Å². The van der Waals surface area contributed by atoms with Gasteiger partial charge in [-0.3, -0.25) is 9.79 Å². The smallest absolute Gasteiger partial charge is 0.219 e. The Morgan fingerprint density at radius 1 is 1.18 bits per heavy atom. The van der Waals surface area contributed by atoms with Crippen molar-refractivity contribution < 1.29 is 9.21 Å². The van der Waals surface area contributed by atoms with E-state index in [2.05, 4.69) is 26.3 Å². The molecule has 7 nitrogen and oxygen atoms in total. The van der Waals surface area contributed by atoms with Crippen molar-refractivity contribution in [3.63, 3.8) is 0 Å². The average molecular weight is 398 g/mol.